The van der Waals surface area contributed by atoms with Gasteiger partial charge in [0.1, 0.15) is 11.9 Å². The van der Waals surface area contributed by atoms with Crippen molar-refractivity contribution in [1.82, 2.24) is 5.32 Å². The molecule has 1 aromatic rings. The molecule has 100 valence electrons. The van der Waals surface area contributed by atoms with E-state index in [-0.39, 0.29) is 17.0 Å². The lowest BCUT2D eigenvalue weighted by atomic mass is 10.0. The molecule has 1 aliphatic heterocycles. The molecule has 0 aromatic heterocycles. The highest BCUT2D eigenvalue weighted by Crippen LogP contribution is 2.29. The normalized spacial score (nSPS) is 20.4. The SMILES string of the molecule is Cc1ccc2c(c1)CC(CNC(C)(C)C(C)Cl)O2. The summed E-state index contributed by atoms with van der Waals surface area (Å²) in [7, 11) is 0. The second-order valence-electron chi connectivity index (χ2n) is 5.77. The van der Waals surface area contributed by atoms with Gasteiger partial charge >= 0.3 is 0 Å². The van der Waals surface area contributed by atoms with Crippen molar-refractivity contribution >= 4 is 11.6 Å². The monoisotopic (exact) mass is 267 g/mol. The first-order valence-electron chi connectivity index (χ1n) is 6.54. The van der Waals surface area contributed by atoms with E-state index >= 15 is 0 Å². The molecule has 0 radical (unpaired) electrons. The van der Waals surface area contributed by atoms with Crippen LogP contribution in [0.3, 0.4) is 0 Å². The van der Waals surface area contributed by atoms with E-state index in [4.69, 9.17) is 16.3 Å². The molecule has 1 aliphatic rings. The smallest absolute Gasteiger partial charge is 0.123 e. The van der Waals surface area contributed by atoms with Crippen LogP contribution in [0, 0.1) is 6.92 Å². The quantitative estimate of drug-likeness (QED) is 0.846. The Morgan fingerprint density at radius 3 is 2.89 bits per heavy atom. The van der Waals surface area contributed by atoms with Crippen molar-refractivity contribution in [2.75, 3.05) is 6.54 Å². The van der Waals surface area contributed by atoms with E-state index in [0.29, 0.717) is 0 Å². The van der Waals surface area contributed by atoms with Crippen LogP contribution in [0.1, 0.15) is 31.9 Å². The number of benzene rings is 1. The van der Waals surface area contributed by atoms with E-state index in [2.05, 4.69) is 44.3 Å². The zero-order valence-corrected chi connectivity index (χ0v) is 12.3. The maximum atomic E-state index is 6.16. The Kier molecular flexibility index (Phi) is 3.88. The topological polar surface area (TPSA) is 21.3 Å². The predicted octanol–water partition coefficient (Wildman–Crippen LogP) is 3.29. The first-order chi connectivity index (χ1) is 8.38. The number of hydrogen-bond donors (Lipinski definition) is 1. The van der Waals surface area contributed by atoms with Gasteiger partial charge in [-0.25, -0.2) is 0 Å². The van der Waals surface area contributed by atoms with Crippen LogP contribution in [-0.4, -0.2) is 23.6 Å². The molecule has 2 rings (SSSR count). The number of fused-ring (bicyclic) bond motifs is 1. The molecule has 0 bridgehead atoms. The van der Waals surface area contributed by atoms with Crippen molar-refractivity contribution in [1.29, 1.82) is 0 Å². The van der Waals surface area contributed by atoms with Crippen LogP contribution >= 0.6 is 11.6 Å². The van der Waals surface area contributed by atoms with Crippen LogP contribution in [0.5, 0.6) is 5.75 Å². The fourth-order valence-corrected chi connectivity index (χ4v) is 2.16. The minimum Gasteiger partial charge on any atom is -0.488 e. The highest BCUT2D eigenvalue weighted by Gasteiger charge is 2.28. The Morgan fingerprint density at radius 1 is 1.50 bits per heavy atom. The number of ether oxygens (including phenoxy) is 1. The molecule has 2 unspecified atom stereocenters. The first-order valence-corrected chi connectivity index (χ1v) is 6.97. The zero-order valence-electron chi connectivity index (χ0n) is 11.6. The van der Waals surface area contributed by atoms with Gasteiger partial charge in [0, 0.05) is 23.9 Å². The molecule has 1 aromatic carbocycles. The van der Waals surface area contributed by atoms with E-state index in [9.17, 15) is 0 Å². The lowest BCUT2D eigenvalue weighted by molar-refractivity contribution is 0.208. The standard InChI is InChI=1S/C15H22ClNO/c1-10-5-6-14-12(7-10)8-13(18-14)9-17-15(3,4)11(2)16/h5-7,11,13,17H,8-9H2,1-4H3. The van der Waals surface area contributed by atoms with Crippen molar-refractivity contribution in [2.45, 2.75) is 51.1 Å². The van der Waals surface area contributed by atoms with E-state index in [1.54, 1.807) is 0 Å². The molecule has 0 saturated heterocycles. The molecule has 0 spiro atoms. The van der Waals surface area contributed by atoms with Crippen molar-refractivity contribution in [3.8, 4) is 5.75 Å². The van der Waals surface area contributed by atoms with E-state index < -0.39 is 0 Å². The van der Waals surface area contributed by atoms with Gasteiger partial charge in [-0.05, 0) is 39.3 Å². The fourth-order valence-electron chi connectivity index (χ4n) is 2.08. The van der Waals surface area contributed by atoms with Crippen LogP contribution in [0.2, 0.25) is 0 Å². The second-order valence-corrected chi connectivity index (χ2v) is 6.43. The third-order valence-corrected chi connectivity index (χ3v) is 4.28. The van der Waals surface area contributed by atoms with Crippen LogP contribution in [0.4, 0.5) is 0 Å². The zero-order chi connectivity index (χ0) is 13.3. The number of alkyl halides is 1. The van der Waals surface area contributed by atoms with Gasteiger partial charge in [0.05, 0.1) is 0 Å². The molecule has 2 atom stereocenters. The van der Waals surface area contributed by atoms with E-state index in [0.717, 1.165) is 18.7 Å². The third-order valence-electron chi connectivity index (χ3n) is 3.74. The highest BCUT2D eigenvalue weighted by molar-refractivity contribution is 6.21. The predicted molar refractivity (Wildman–Crippen MR) is 76.7 cm³/mol. The number of rotatable bonds is 4. The second kappa shape index (κ2) is 5.10. The summed E-state index contributed by atoms with van der Waals surface area (Å²) in [6.45, 7) is 9.21. The third kappa shape index (κ3) is 2.99. The van der Waals surface area contributed by atoms with Crippen LogP contribution in [0.25, 0.3) is 0 Å². The molecule has 0 saturated carbocycles. The average molecular weight is 268 g/mol. The summed E-state index contributed by atoms with van der Waals surface area (Å²) < 4.78 is 5.93. The lowest BCUT2D eigenvalue weighted by Crippen LogP contribution is -2.49. The summed E-state index contributed by atoms with van der Waals surface area (Å²) in [5, 5.41) is 3.58. The number of aryl methyl sites for hydroxylation is 1. The lowest BCUT2D eigenvalue weighted by Gasteiger charge is -2.30. The molecular formula is C15H22ClNO. The summed E-state index contributed by atoms with van der Waals surface area (Å²) in [6, 6.07) is 6.38. The molecule has 1 heterocycles. The van der Waals surface area contributed by atoms with Crippen molar-refractivity contribution in [3.63, 3.8) is 0 Å². The number of halogens is 1. The Morgan fingerprint density at radius 2 is 2.22 bits per heavy atom. The molecule has 2 nitrogen and oxygen atoms in total. The van der Waals surface area contributed by atoms with Crippen LogP contribution < -0.4 is 10.1 Å². The van der Waals surface area contributed by atoms with Crippen LogP contribution in [-0.2, 0) is 6.42 Å². The van der Waals surface area contributed by atoms with Gasteiger partial charge in [-0.2, -0.15) is 0 Å². The minimum absolute atomic E-state index is 0.0738. The van der Waals surface area contributed by atoms with Crippen molar-refractivity contribution < 1.29 is 4.74 Å². The molecule has 3 heteroatoms. The summed E-state index contributed by atoms with van der Waals surface area (Å²) in [5.74, 6) is 1.03. The molecule has 0 aliphatic carbocycles. The maximum absolute atomic E-state index is 6.16. The Labute approximate surface area is 115 Å². The molecule has 18 heavy (non-hydrogen) atoms. The Bertz CT molecular complexity index is 429. The van der Waals surface area contributed by atoms with Gasteiger partial charge in [0.15, 0.2) is 0 Å². The van der Waals surface area contributed by atoms with E-state index in [1.165, 1.54) is 11.1 Å². The fraction of sp³-hybridized carbons (Fsp3) is 0.600. The van der Waals surface area contributed by atoms with Crippen LogP contribution in [0.15, 0.2) is 18.2 Å². The van der Waals surface area contributed by atoms with Gasteiger partial charge in [0.2, 0.25) is 0 Å². The molecule has 1 N–H and O–H groups in total. The van der Waals surface area contributed by atoms with Crippen molar-refractivity contribution in [3.05, 3.63) is 29.3 Å². The largest absolute Gasteiger partial charge is 0.488 e. The minimum atomic E-state index is -0.0738. The summed E-state index contributed by atoms with van der Waals surface area (Å²) >= 11 is 6.16. The average Bonchev–Trinajstić information content (AvgIpc) is 2.68. The molecular weight excluding hydrogens is 246 g/mol. The molecule has 0 fully saturated rings. The molecule has 0 amide bonds. The summed E-state index contributed by atoms with van der Waals surface area (Å²) in [4.78, 5) is 0. The first kappa shape index (κ1) is 13.7. The summed E-state index contributed by atoms with van der Waals surface area (Å²) in [5.41, 5.74) is 2.54. The maximum Gasteiger partial charge on any atom is 0.123 e. The summed E-state index contributed by atoms with van der Waals surface area (Å²) in [6.07, 6.45) is 1.20. The number of nitrogens with one attached hydrogen (secondary N) is 1. The van der Waals surface area contributed by atoms with E-state index in [1.807, 2.05) is 6.92 Å². The number of hydrogen-bond acceptors (Lipinski definition) is 2. The van der Waals surface area contributed by atoms with Gasteiger partial charge in [-0.15, -0.1) is 11.6 Å². The van der Waals surface area contributed by atoms with Crippen molar-refractivity contribution in [2.24, 2.45) is 0 Å². The van der Waals surface area contributed by atoms with Gasteiger partial charge in [-0.1, -0.05) is 17.7 Å². The Balaban J connectivity index is 1.92. The van der Waals surface area contributed by atoms with Gasteiger partial charge in [-0.3, -0.25) is 0 Å². The highest BCUT2D eigenvalue weighted by atomic mass is 35.5. The van der Waals surface area contributed by atoms with Gasteiger partial charge < -0.3 is 10.1 Å². The Hall–Kier alpha value is -0.730. The van der Waals surface area contributed by atoms with Gasteiger partial charge in [0.25, 0.3) is 0 Å².